The minimum atomic E-state index is -0.198. The number of epoxide rings is 1. The fourth-order valence-corrected chi connectivity index (χ4v) is 4.23. The molecule has 0 N–H and O–H groups in total. The number of hydrogen-bond acceptors (Lipinski definition) is 3. The van der Waals surface area contributed by atoms with Crippen LogP contribution in [0.4, 0.5) is 0 Å². The van der Waals surface area contributed by atoms with Gasteiger partial charge in [-0.2, -0.15) is 0 Å². The van der Waals surface area contributed by atoms with Crippen LogP contribution in [0.15, 0.2) is 23.3 Å². The maximum atomic E-state index is 11.8. The van der Waals surface area contributed by atoms with E-state index >= 15 is 0 Å². The second-order valence-electron chi connectivity index (χ2n) is 6.32. The van der Waals surface area contributed by atoms with Crippen molar-refractivity contribution in [3.63, 3.8) is 0 Å². The van der Waals surface area contributed by atoms with Gasteiger partial charge < -0.3 is 9.47 Å². The van der Waals surface area contributed by atoms with Crippen molar-refractivity contribution in [2.75, 3.05) is 0 Å². The molecule has 2 aliphatic heterocycles. The number of esters is 1. The molecule has 0 radical (unpaired) electrons. The molecule has 4 aliphatic rings. The monoisotopic (exact) mass is 246 g/mol. The molecule has 2 saturated heterocycles. The highest BCUT2D eigenvalue weighted by molar-refractivity contribution is 5.91. The summed E-state index contributed by atoms with van der Waals surface area (Å²) in [5.41, 5.74) is 3.55. The third-order valence-corrected chi connectivity index (χ3v) is 5.43. The van der Waals surface area contributed by atoms with Crippen molar-refractivity contribution in [3.8, 4) is 0 Å². The third kappa shape index (κ3) is 1.11. The number of allylic oxidation sites excluding steroid dienone is 1. The van der Waals surface area contributed by atoms with Crippen LogP contribution >= 0.6 is 0 Å². The highest BCUT2D eigenvalue weighted by Crippen LogP contribution is 2.61. The highest BCUT2D eigenvalue weighted by Gasteiger charge is 2.68. The van der Waals surface area contributed by atoms with E-state index in [2.05, 4.69) is 20.4 Å². The molecule has 0 aromatic heterocycles. The first-order valence-electron chi connectivity index (χ1n) is 6.78. The van der Waals surface area contributed by atoms with Crippen molar-refractivity contribution in [3.05, 3.63) is 23.3 Å². The summed E-state index contributed by atoms with van der Waals surface area (Å²) in [5.74, 6) is 0.254. The predicted octanol–water partition coefficient (Wildman–Crippen LogP) is 2.37. The Balaban J connectivity index is 1.81. The van der Waals surface area contributed by atoms with E-state index in [-0.39, 0.29) is 29.5 Å². The summed E-state index contributed by atoms with van der Waals surface area (Å²) in [4.78, 5) is 11.8. The van der Waals surface area contributed by atoms with Gasteiger partial charge in [-0.15, -0.1) is 0 Å². The lowest BCUT2D eigenvalue weighted by Gasteiger charge is -2.27. The van der Waals surface area contributed by atoms with Gasteiger partial charge in [0, 0.05) is 17.4 Å². The van der Waals surface area contributed by atoms with Gasteiger partial charge in [0.05, 0.1) is 6.10 Å². The lowest BCUT2D eigenvalue weighted by atomic mass is 9.81. The number of ether oxygens (including phenoxy) is 2. The summed E-state index contributed by atoms with van der Waals surface area (Å²) in [6.07, 6.45) is 3.39. The van der Waals surface area contributed by atoms with E-state index in [9.17, 15) is 4.79 Å². The number of rotatable bonds is 0. The molecule has 2 aliphatic carbocycles. The van der Waals surface area contributed by atoms with E-state index in [1.54, 1.807) is 0 Å². The van der Waals surface area contributed by atoms with Gasteiger partial charge in [0.1, 0.15) is 11.7 Å². The van der Waals surface area contributed by atoms with E-state index < -0.39 is 0 Å². The van der Waals surface area contributed by atoms with Crippen molar-refractivity contribution in [1.29, 1.82) is 0 Å². The fraction of sp³-hybridized carbons (Fsp3) is 0.667. The minimum absolute atomic E-state index is 0.0325. The molecule has 3 heteroatoms. The number of fused-ring (bicyclic) bond motifs is 5. The van der Waals surface area contributed by atoms with Crippen molar-refractivity contribution in [2.45, 2.75) is 50.9 Å². The summed E-state index contributed by atoms with van der Waals surface area (Å²) in [6.45, 7) is 8.32. The Morgan fingerprint density at radius 3 is 3.00 bits per heavy atom. The summed E-state index contributed by atoms with van der Waals surface area (Å²) >= 11 is 0. The molecular formula is C15H18O3. The fourth-order valence-electron chi connectivity index (χ4n) is 4.23. The van der Waals surface area contributed by atoms with Crippen molar-refractivity contribution in [2.24, 2.45) is 11.8 Å². The molecule has 0 aromatic carbocycles. The maximum Gasteiger partial charge on any atom is 0.334 e. The Hall–Kier alpha value is -1.09. The minimum Gasteiger partial charge on any atom is -0.458 e. The Morgan fingerprint density at radius 1 is 1.44 bits per heavy atom. The lowest BCUT2D eigenvalue weighted by Crippen LogP contribution is -2.34. The van der Waals surface area contributed by atoms with E-state index in [0.29, 0.717) is 11.7 Å². The van der Waals surface area contributed by atoms with Crippen LogP contribution in [0.25, 0.3) is 0 Å². The molecule has 18 heavy (non-hydrogen) atoms. The highest BCUT2D eigenvalue weighted by atomic mass is 16.6. The molecule has 0 amide bonds. The van der Waals surface area contributed by atoms with Crippen LogP contribution in [-0.2, 0) is 14.3 Å². The molecule has 1 unspecified atom stereocenters. The van der Waals surface area contributed by atoms with E-state index in [4.69, 9.17) is 9.47 Å². The molecule has 4 rings (SSSR count). The molecule has 3 fully saturated rings. The second kappa shape index (κ2) is 3.08. The zero-order valence-electron chi connectivity index (χ0n) is 10.9. The van der Waals surface area contributed by atoms with Crippen LogP contribution in [0.5, 0.6) is 0 Å². The smallest absolute Gasteiger partial charge is 0.334 e. The molecule has 96 valence electrons. The van der Waals surface area contributed by atoms with E-state index in [0.717, 1.165) is 19.3 Å². The standard InChI is InChI=1S/C15H18O3/c1-7-4-5-9-8(2)14(16)17-13(9)12-10(7)6-11-15(12,3)18-11/h9,11-13H,2,4-6H2,1,3H3/t9-,11+,12?,13-,15+/m0/s1. The summed E-state index contributed by atoms with van der Waals surface area (Å²) in [6, 6.07) is 0. The number of hydrogen-bond donors (Lipinski definition) is 0. The number of carbonyl (C=O) groups excluding carboxylic acids is 1. The van der Waals surface area contributed by atoms with Gasteiger partial charge in [-0.1, -0.05) is 17.7 Å². The third-order valence-electron chi connectivity index (χ3n) is 5.43. The molecule has 3 nitrogen and oxygen atoms in total. The molecule has 2 heterocycles. The topological polar surface area (TPSA) is 38.8 Å². The van der Waals surface area contributed by atoms with Crippen molar-refractivity contribution in [1.82, 2.24) is 0 Å². The van der Waals surface area contributed by atoms with Gasteiger partial charge >= 0.3 is 5.97 Å². The average molecular weight is 246 g/mol. The molecule has 5 atom stereocenters. The molecule has 0 aromatic rings. The summed E-state index contributed by atoms with van der Waals surface area (Å²) in [7, 11) is 0. The van der Waals surface area contributed by atoms with Crippen molar-refractivity contribution >= 4 is 5.97 Å². The Morgan fingerprint density at radius 2 is 2.22 bits per heavy atom. The molecule has 0 spiro atoms. The molecule has 0 bridgehead atoms. The summed E-state index contributed by atoms with van der Waals surface area (Å²) < 4.78 is 11.5. The SMILES string of the molecule is C=C1C(=O)O[C@@H]2C3C(=C(C)CC[C@@H]12)C[C@H]1O[C@@]31C. The Bertz CT molecular complexity index is 504. The van der Waals surface area contributed by atoms with Crippen LogP contribution in [0.1, 0.15) is 33.1 Å². The Labute approximate surface area is 107 Å². The first-order valence-corrected chi connectivity index (χ1v) is 6.78. The van der Waals surface area contributed by atoms with Crippen LogP contribution in [0.3, 0.4) is 0 Å². The van der Waals surface area contributed by atoms with Gasteiger partial charge in [-0.3, -0.25) is 0 Å². The van der Waals surface area contributed by atoms with Crippen molar-refractivity contribution < 1.29 is 14.3 Å². The predicted molar refractivity (Wildman–Crippen MR) is 65.8 cm³/mol. The normalized spacial score (nSPS) is 49.4. The van der Waals surface area contributed by atoms with Crippen LogP contribution in [-0.4, -0.2) is 23.8 Å². The van der Waals surface area contributed by atoms with Gasteiger partial charge in [0.15, 0.2) is 0 Å². The Kier molecular flexibility index (Phi) is 1.85. The first kappa shape index (κ1) is 10.8. The maximum absolute atomic E-state index is 11.8. The van der Waals surface area contributed by atoms with E-state index in [1.165, 1.54) is 11.1 Å². The quantitative estimate of drug-likeness (QED) is 0.285. The van der Waals surface area contributed by atoms with E-state index in [1.807, 2.05) is 0 Å². The zero-order valence-corrected chi connectivity index (χ0v) is 10.9. The van der Waals surface area contributed by atoms with Gasteiger partial charge in [0.25, 0.3) is 0 Å². The van der Waals surface area contributed by atoms with Crippen LogP contribution in [0.2, 0.25) is 0 Å². The van der Waals surface area contributed by atoms with Crippen LogP contribution < -0.4 is 0 Å². The largest absolute Gasteiger partial charge is 0.458 e. The first-order chi connectivity index (χ1) is 8.52. The second-order valence-corrected chi connectivity index (χ2v) is 6.32. The van der Waals surface area contributed by atoms with Gasteiger partial charge in [-0.25, -0.2) is 4.79 Å². The lowest BCUT2D eigenvalue weighted by molar-refractivity contribution is -0.141. The molecular weight excluding hydrogens is 228 g/mol. The summed E-state index contributed by atoms with van der Waals surface area (Å²) in [5, 5.41) is 0. The number of carbonyl (C=O) groups is 1. The zero-order chi connectivity index (χ0) is 12.7. The van der Waals surface area contributed by atoms with Crippen LogP contribution in [0, 0.1) is 11.8 Å². The van der Waals surface area contributed by atoms with Gasteiger partial charge in [0.2, 0.25) is 0 Å². The van der Waals surface area contributed by atoms with Gasteiger partial charge in [-0.05, 0) is 33.1 Å². The average Bonchev–Trinajstić information content (AvgIpc) is 2.82. The molecule has 1 saturated carbocycles.